The van der Waals surface area contributed by atoms with Crippen LogP contribution in [0, 0.1) is 11.6 Å². The second-order valence-electron chi connectivity index (χ2n) is 9.64. The summed E-state index contributed by atoms with van der Waals surface area (Å²) in [5.74, 6) is -2.43. The number of carboxylic acids is 1. The summed E-state index contributed by atoms with van der Waals surface area (Å²) in [5, 5.41) is 15.5. The first-order valence-corrected chi connectivity index (χ1v) is 13.5. The van der Waals surface area contributed by atoms with Crippen LogP contribution in [-0.4, -0.2) is 41.2 Å². The Morgan fingerprint density at radius 1 is 1.00 bits per heavy atom. The lowest BCUT2D eigenvalue weighted by Gasteiger charge is -2.27. The predicted octanol–water partition coefficient (Wildman–Crippen LogP) is 6.34. The summed E-state index contributed by atoms with van der Waals surface area (Å²) >= 11 is 5.79. The van der Waals surface area contributed by atoms with Gasteiger partial charge in [-0.05, 0) is 54.4 Å². The fraction of sp³-hybridized carbons (Fsp3) is 0.194. The average Bonchev–Trinajstić information content (AvgIpc) is 2.93. The number of anilines is 2. The first-order valence-electron chi connectivity index (χ1n) is 13.1. The first kappa shape index (κ1) is 29.0. The standard InChI is InChI=1S/C31H26ClF2N3O5/c32-22-8-6-21(25(34)15-22)17-42-30-3-1-2-26(37-30)19-5-4-18(24(33)12-19)14-29(38)36-27-9-7-20(31(39)40)13-28(27)35-16-23-10-11-41-23/h1-9,12-13,15,23,35H,10-11,14,16-17H2,(H,36,38)(H,39,40)/t23-/m0/s1. The van der Waals surface area contributed by atoms with Gasteiger partial charge in [-0.25, -0.2) is 18.6 Å². The minimum atomic E-state index is -1.10. The highest BCUT2D eigenvalue weighted by Gasteiger charge is 2.19. The van der Waals surface area contributed by atoms with Crippen LogP contribution >= 0.6 is 11.6 Å². The van der Waals surface area contributed by atoms with Gasteiger partial charge in [-0.3, -0.25) is 4.79 Å². The number of nitrogens with one attached hydrogen (secondary N) is 2. The maximum atomic E-state index is 15.1. The minimum absolute atomic E-state index is 0.0165. The van der Waals surface area contributed by atoms with Gasteiger partial charge in [0.05, 0.1) is 35.2 Å². The Labute approximate surface area is 245 Å². The van der Waals surface area contributed by atoms with Gasteiger partial charge in [0.25, 0.3) is 0 Å². The van der Waals surface area contributed by atoms with E-state index in [1.165, 1.54) is 42.5 Å². The van der Waals surface area contributed by atoms with Crippen LogP contribution in [0.5, 0.6) is 5.88 Å². The molecule has 8 nitrogen and oxygen atoms in total. The Bertz CT molecular complexity index is 1630. The number of rotatable bonds is 11. The van der Waals surface area contributed by atoms with Crippen molar-refractivity contribution in [2.75, 3.05) is 23.8 Å². The van der Waals surface area contributed by atoms with E-state index in [2.05, 4.69) is 15.6 Å². The second-order valence-corrected chi connectivity index (χ2v) is 10.1. The van der Waals surface area contributed by atoms with Crippen molar-refractivity contribution in [1.29, 1.82) is 0 Å². The van der Waals surface area contributed by atoms with Gasteiger partial charge in [-0.15, -0.1) is 0 Å². The maximum Gasteiger partial charge on any atom is 0.335 e. The van der Waals surface area contributed by atoms with Gasteiger partial charge in [-0.1, -0.05) is 35.9 Å². The van der Waals surface area contributed by atoms with Crippen molar-refractivity contribution in [1.82, 2.24) is 4.98 Å². The lowest BCUT2D eigenvalue weighted by Crippen LogP contribution is -2.33. The average molecular weight is 594 g/mol. The second kappa shape index (κ2) is 13.0. The molecular weight excluding hydrogens is 568 g/mol. The molecule has 11 heteroatoms. The number of nitrogens with zero attached hydrogens (tertiary/aromatic N) is 1. The number of carbonyl (C=O) groups is 2. The SMILES string of the molecule is O=C(Cc1ccc(-c2cccc(OCc3ccc(Cl)cc3F)n2)cc1F)Nc1ccc(C(=O)O)cc1NC[C@@H]1CCO1. The van der Waals surface area contributed by atoms with Crippen LogP contribution in [0.3, 0.4) is 0 Å². The normalized spacial score (nSPS) is 14.1. The molecule has 0 radical (unpaired) electrons. The number of ether oxygens (including phenoxy) is 2. The Morgan fingerprint density at radius 2 is 1.79 bits per heavy atom. The van der Waals surface area contributed by atoms with Crippen LogP contribution in [0.4, 0.5) is 20.2 Å². The summed E-state index contributed by atoms with van der Waals surface area (Å²) < 4.78 is 40.1. The Kier molecular flexibility index (Phi) is 8.94. The van der Waals surface area contributed by atoms with Gasteiger partial charge < -0.3 is 25.2 Å². The third-order valence-corrected chi connectivity index (χ3v) is 6.90. The zero-order valence-corrected chi connectivity index (χ0v) is 23.0. The van der Waals surface area contributed by atoms with Crippen LogP contribution in [0.15, 0.2) is 72.8 Å². The molecule has 0 aliphatic carbocycles. The minimum Gasteiger partial charge on any atom is -0.478 e. The van der Waals surface area contributed by atoms with Crippen molar-refractivity contribution in [3.63, 3.8) is 0 Å². The third kappa shape index (κ3) is 7.20. The van der Waals surface area contributed by atoms with Gasteiger partial charge in [0.15, 0.2) is 0 Å². The third-order valence-electron chi connectivity index (χ3n) is 6.67. The molecule has 1 aliphatic rings. The highest BCUT2D eigenvalue weighted by Crippen LogP contribution is 2.27. The molecule has 0 saturated carbocycles. The van der Waals surface area contributed by atoms with Gasteiger partial charge in [0.1, 0.15) is 18.2 Å². The molecule has 1 fully saturated rings. The summed E-state index contributed by atoms with van der Waals surface area (Å²) in [6, 6.07) is 18.0. The summed E-state index contributed by atoms with van der Waals surface area (Å²) in [4.78, 5) is 28.6. The molecule has 216 valence electrons. The Morgan fingerprint density at radius 3 is 2.50 bits per heavy atom. The maximum absolute atomic E-state index is 15.1. The molecule has 0 bridgehead atoms. The summed E-state index contributed by atoms with van der Waals surface area (Å²) in [6.07, 6.45) is 0.655. The van der Waals surface area contributed by atoms with Crippen LogP contribution in [0.25, 0.3) is 11.3 Å². The number of carbonyl (C=O) groups excluding carboxylic acids is 1. The molecule has 42 heavy (non-hydrogen) atoms. The van der Waals surface area contributed by atoms with E-state index in [1.54, 1.807) is 30.3 Å². The van der Waals surface area contributed by atoms with Crippen LogP contribution in [0.1, 0.15) is 27.9 Å². The number of halogens is 3. The number of aromatic nitrogens is 1. The highest BCUT2D eigenvalue weighted by molar-refractivity contribution is 6.30. The molecule has 0 spiro atoms. The molecule has 1 aromatic heterocycles. The molecule has 2 heterocycles. The zero-order chi connectivity index (χ0) is 29.6. The van der Waals surface area contributed by atoms with Crippen molar-refractivity contribution in [3.8, 4) is 17.1 Å². The van der Waals surface area contributed by atoms with Crippen LogP contribution < -0.4 is 15.4 Å². The van der Waals surface area contributed by atoms with Gasteiger partial charge >= 0.3 is 5.97 Å². The summed E-state index contributed by atoms with van der Waals surface area (Å²) in [6.45, 7) is 1.07. The number of hydrogen-bond acceptors (Lipinski definition) is 6. The van der Waals surface area contributed by atoms with E-state index in [4.69, 9.17) is 21.1 Å². The lowest BCUT2D eigenvalue weighted by atomic mass is 10.0. The van der Waals surface area contributed by atoms with Gasteiger partial charge in [-0.2, -0.15) is 0 Å². The number of amides is 1. The molecule has 1 saturated heterocycles. The summed E-state index contributed by atoms with van der Waals surface area (Å²) in [5.41, 5.74) is 2.25. The van der Waals surface area contributed by atoms with Crippen molar-refractivity contribution in [2.24, 2.45) is 0 Å². The van der Waals surface area contributed by atoms with E-state index in [9.17, 15) is 19.1 Å². The van der Waals surface area contributed by atoms with Crippen LogP contribution in [0.2, 0.25) is 5.02 Å². The fourth-order valence-electron chi connectivity index (χ4n) is 4.27. The smallest absolute Gasteiger partial charge is 0.335 e. The molecule has 1 amide bonds. The van der Waals surface area contributed by atoms with E-state index in [0.29, 0.717) is 41.3 Å². The van der Waals surface area contributed by atoms with Gasteiger partial charge in [0, 0.05) is 35.4 Å². The van der Waals surface area contributed by atoms with Crippen molar-refractivity contribution >= 4 is 34.9 Å². The van der Waals surface area contributed by atoms with Crippen molar-refractivity contribution < 1.29 is 33.0 Å². The fourth-order valence-corrected chi connectivity index (χ4v) is 4.42. The number of carboxylic acid groups (broad SMARTS) is 1. The molecule has 1 atom stereocenters. The Balaban J connectivity index is 1.24. The molecular formula is C31H26ClF2N3O5. The summed E-state index contributed by atoms with van der Waals surface area (Å²) in [7, 11) is 0. The first-order chi connectivity index (χ1) is 20.2. The van der Waals surface area contributed by atoms with E-state index in [1.807, 2.05) is 0 Å². The van der Waals surface area contributed by atoms with E-state index >= 15 is 4.39 Å². The highest BCUT2D eigenvalue weighted by atomic mass is 35.5. The molecule has 0 unspecified atom stereocenters. The van der Waals surface area contributed by atoms with E-state index in [0.717, 1.165) is 6.42 Å². The molecule has 5 rings (SSSR count). The quantitative estimate of drug-likeness (QED) is 0.186. The zero-order valence-electron chi connectivity index (χ0n) is 22.2. The monoisotopic (exact) mass is 593 g/mol. The number of hydrogen-bond donors (Lipinski definition) is 3. The molecule has 1 aliphatic heterocycles. The van der Waals surface area contributed by atoms with E-state index < -0.39 is 23.5 Å². The topological polar surface area (TPSA) is 110 Å². The van der Waals surface area contributed by atoms with Crippen molar-refractivity contribution in [2.45, 2.75) is 25.6 Å². The Hall–Kier alpha value is -4.54. The lowest BCUT2D eigenvalue weighted by molar-refractivity contribution is -0.115. The number of pyridine rings is 1. The number of aromatic carboxylic acids is 1. The molecule has 3 N–H and O–H groups in total. The van der Waals surface area contributed by atoms with Gasteiger partial charge in [0.2, 0.25) is 11.8 Å². The largest absolute Gasteiger partial charge is 0.478 e. The molecule has 3 aromatic carbocycles. The van der Waals surface area contributed by atoms with Crippen molar-refractivity contribution in [3.05, 3.63) is 106 Å². The van der Waals surface area contributed by atoms with Crippen LogP contribution in [-0.2, 0) is 22.6 Å². The number of benzene rings is 3. The van der Waals surface area contributed by atoms with E-state index in [-0.39, 0.29) is 41.2 Å². The molecule has 4 aromatic rings. The predicted molar refractivity (Wildman–Crippen MR) is 154 cm³/mol.